The summed E-state index contributed by atoms with van der Waals surface area (Å²) in [5.41, 5.74) is 1.09. The van der Waals surface area contributed by atoms with Crippen molar-refractivity contribution in [2.24, 2.45) is 0 Å². The van der Waals surface area contributed by atoms with Crippen molar-refractivity contribution in [3.8, 4) is 5.75 Å². The van der Waals surface area contributed by atoms with E-state index in [0.29, 0.717) is 19.0 Å². The second kappa shape index (κ2) is 4.61. The van der Waals surface area contributed by atoms with Crippen LogP contribution in [0.4, 0.5) is 0 Å². The van der Waals surface area contributed by atoms with Gasteiger partial charge in [0.25, 0.3) is 5.91 Å². The summed E-state index contributed by atoms with van der Waals surface area (Å²) in [6.07, 6.45) is 2.33. The van der Waals surface area contributed by atoms with Gasteiger partial charge in [-0.15, -0.1) is 0 Å². The fourth-order valence-electron chi connectivity index (χ4n) is 2.47. The monoisotopic (exact) mass is 247 g/mol. The first-order chi connectivity index (χ1) is 8.79. The molecule has 1 amide bonds. The Labute approximate surface area is 106 Å². The Hall–Kier alpha value is -1.55. The van der Waals surface area contributed by atoms with Crippen LogP contribution in [0.5, 0.6) is 5.75 Å². The van der Waals surface area contributed by atoms with Gasteiger partial charge in [0.15, 0.2) is 6.10 Å². The zero-order chi connectivity index (χ0) is 12.5. The fraction of sp³-hybridized carbons (Fsp3) is 0.500. The van der Waals surface area contributed by atoms with Gasteiger partial charge in [0.05, 0.1) is 6.61 Å². The zero-order valence-electron chi connectivity index (χ0n) is 10.2. The molecule has 4 heteroatoms. The highest BCUT2D eigenvalue weighted by molar-refractivity contribution is 5.83. The molecule has 96 valence electrons. The van der Waals surface area contributed by atoms with Gasteiger partial charge in [-0.05, 0) is 24.5 Å². The molecule has 0 aromatic heterocycles. The Bertz CT molecular complexity index is 431. The van der Waals surface area contributed by atoms with Crippen LogP contribution in [0.2, 0.25) is 0 Å². The number of hydrogen-bond acceptors (Lipinski definition) is 3. The molecule has 0 radical (unpaired) electrons. The van der Waals surface area contributed by atoms with Crippen LogP contribution in [0, 0.1) is 0 Å². The molecule has 1 fully saturated rings. The van der Waals surface area contributed by atoms with E-state index in [-0.39, 0.29) is 12.5 Å². The molecule has 4 nitrogen and oxygen atoms in total. The summed E-state index contributed by atoms with van der Waals surface area (Å²) in [5.74, 6) is 0.832. The molecule has 1 aliphatic heterocycles. The average molecular weight is 247 g/mol. The Morgan fingerprint density at radius 2 is 2.17 bits per heavy atom. The zero-order valence-corrected chi connectivity index (χ0v) is 10.2. The normalized spacial score (nSPS) is 21.3. The number of benzene rings is 1. The Kier molecular flexibility index (Phi) is 2.96. The van der Waals surface area contributed by atoms with Crippen LogP contribution in [0.1, 0.15) is 18.4 Å². The van der Waals surface area contributed by atoms with Gasteiger partial charge < -0.3 is 14.7 Å². The van der Waals surface area contributed by atoms with Crippen molar-refractivity contribution in [3.63, 3.8) is 0 Å². The molecule has 1 aromatic rings. The molecule has 3 rings (SSSR count). The first-order valence-corrected chi connectivity index (χ1v) is 6.45. The lowest BCUT2D eigenvalue weighted by Crippen LogP contribution is -2.44. The van der Waals surface area contributed by atoms with Crippen LogP contribution in [0.15, 0.2) is 24.3 Å². The van der Waals surface area contributed by atoms with Gasteiger partial charge in [-0.25, -0.2) is 0 Å². The van der Waals surface area contributed by atoms with Gasteiger partial charge in [-0.1, -0.05) is 18.2 Å². The van der Waals surface area contributed by atoms with E-state index in [1.807, 2.05) is 24.3 Å². The lowest BCUT2D eigenvalue weighted by atomic mass is 10.1. The van der Waals surface area contributed by atoms with Gasteiger partial charge >= 0.3 is 0 Å². The van der Waals surface area contributed by atoms with Crippen molar-refractivity contribution in [3.05, 3.63) is 29.8 Å². The van der Waals surface area contributed by atoms with Crippen LogP contribution in [0.3, 0.4) is 0 Å². The van der Waals surface area contributed by atoms with Crippen molar-refractivity contribution < 1.29 is 14.6 Å². The number of amides is 1. The van der Waals surface area contributed by atoms with Crippen molar-refractivity contribution in [2.75, 3.05) is 13.2 Å². The van der Waals surface area contributed by atoms with E-state index in [0.717, 1.165) is 24.2 Å². The highest BCUT2D eigenvalue weighted by Gasteiger charge is 2.38. The maximum atomic E-state index is 12.4. The number of aliphatic hydroxyl groups excluding tert-OH is 1. The maximum Gasteiger partial charge on any atom is 0.264 e. The van der Waals surface area contributed by atoms with E-state index >= 15 is 0 Å². The molecule has 18 heavy (non-hydrogen) atoms. The third-order valence-corrected chi connectivity index (χ3v) is 3.53. The lowest BCUT2D eigenvalue weighted by Gasteiger charge is -2.24. The van der Waals surface area contributed by atoms with E-state index in [1.165, 1.54) is 0 Å². The molecule has 2 aliphatic rings. The van der Waals surface area contributed by atoms with E-state index in [9.17, 15) is 4.79 Å². The number of nitrogens with zero attached hydrogens (tertiary/aromatic N) is 1. The number of rotatable bonds is 4. The highest BCUT2D eigenvalue weighted by atomic mass is 16.5. The van der Waals surface area contributed by atoms with E-state index < -0.39 is 6.10 Å². The average Bonchev–Trinajstić information content (AvgIpc) is 3.13. The lowest BCUT2D eigenvalue weighted by molar-refractivity contribution is -0.139. The standard InChI is InChI=1S/C14H17NO3/c16-8-7-15(11-5-6-11)14(17)13-9-10-3-1-2-4-12(10)18-13/h1-4,11,13,16H,5-9H2. The quantitative estimate of drug-likeness (QED) is 0.862. The van der Waals surface area contributed by atoms with Crippen LogP contribution >= 0.6 is 0 Å². The molecule has 1 N–H and O–H groups in total. The summed E-state index contributed by atoms with van der Waals surface area (Å²) in [6, 6.07) is 8.09. The fourth-order valence-corrected chi connectivity index (χ4v) is 2.47. The predicted molar refractivity (Wildman–Crippen MR) is 66.4 cm³/mol. The van der Waals surface area contributed by atoms with Crippen LogP contribution in [0.25, 0.3) is 0 Å². The minimum Gasteiger partial charge on any atom is -0.480 e. The molecule has 1 aliphatic carbocycles. The third kappa shape index (κ3) is 2.08. The number of carbonyl (C=O) groups excluding carboxylic acids is 1. The van der Waals surface area contributed by atoms with Gasteiger partial charge in [-0.2, -0.15) is 0 Å². The molecule has 1 heterocycles. The van der Waals surface area contributed by atoms with E-state index in [1.54, 1.807) is 4.90 Å². The predicted octanol–water partition coefficient (Wildman–Crippen LogP) is 0.973. The summed E-state index contributed by atoms with van der Waals surface area (Å²) < 4.78 is 5.70. The summed E-state index contributed by atoms with van der Waals surface area (Å²) in [7, 11) is 0. The number of ether oxygens (including phenoxy) is 1. The SMILES string of the molecule is O=C(C1Cc2ccccc2O1)N(CCO)C1CC1. The molecule has 1 atom stereocenters. The summed E-state index contributed by atoms with van der Waals surface area (Å²) in [5, 5.41) is 9.04. The smallest absolute Gasteiger partial charge is 0.264 e. The number of para-hydroxylation sites is 1. The Morgan fingerprint density at radius 3 is 2.83 bits per heavy atom. The number of carbonyl (C=O) groups is 1. The number of aliphatic hydroxyl groups is 1. The molecule has 0 spiro atoms. The number of fused-ring (bicyclic) bond motifs is 1. The molecule has 1 aromatic carbocycles. The maximum absolute atomic E-state index is 12.4. The molecule has 1 unspecified atom stereocenters. The van der Waals surface area contributed by atoms with Crippen molar-refractivity contribution in [1.29, 1.82) is 0 Å². The third-order valence-electron chi connectivity index (χ3n) is 3.53. The van der Waals surface area contributed by atoms with Crippen LogP contribution < -0.4 is 4.74 Å². The largest absolute Gasteiger partial charge is 0.480 e. The van der Waals surface area contributed by atoms with Crippen LogP contribution in [-0.4, -0.2) is 41.2 Å². The molecular weight excluding hydrogens is 230 g/mol. The topological polar surface area (TPSA) is 49.8 Å². The van der Waals surface area contributed by atoms with E-state index in [4.69, 9.17) is 9.84 Å². The first-order valence-electron chi connectivity index (χ1n) is 6.45. The number of hydrogen-bond donors (Lipinski definition) is 1. The molecular formula is C14H17NO3. The van der Waals surface area contributed by atoms with Gasteiger partial charge in [0.1, 0.15) is 5.75 Å². The van der Waals surface area contributed by atoms with Crippen molar-refractivity contribution in [2.45, 2.75) is 31.4 Å². The van der Waals surface area contributed by atoms with Crippen molar-refractivity contribution in [1.82, 2.24) is 4.90 Å². The summed E-state index contributed by atoms with van der Waals surface area (Å²) in [4.78, 5) is 14.1. The highest BCUT2D eigenvalue weighted by Crippen LogP contribution is 2.32. The Balaban J connectivity index is 1.71. The van der Waals surface area contributed by atoms with E-state index in [2.05, 4.69) is 0 Å². The second-order valence-electron chi connectivity index (χ2n) is 4.90. The Morgan fingerprint density at radius 1 is 1.39 bits per heavy atom. The van der Waals surface area contributed by atoms with Crippen LogP contribution in [-0.2, 0) is 11.2 Å². The van der Waals surface area contributed by atoms with Gasteiger partial charge in [-0.3, -0.25) is 4.79 Å². The molecule has 0 bridgehead atoms. The summed E-state index contributed by atoms with van der Waals surface area (Å²) in [6.45, 7) is 0.432. The van der Waals surface area contributed by atoms with Gasteiger partial charge in [0, 0.05) is 19.0 Å². The van der Waals surface area contributed by atoms with Gasteiger partial charge in [0.2, 0.25) is 0 Å². The summed E-state index contributed by atoms with van der Waals surface area (Å²) >= 11 is 0. The van der Waals surface area contributed by atoms with Crippen molar-refractivity contribution >= 4 is 5.91 Å². The molecule has 0 saturated heterocycles. The minimum absolute atomic E-state index is 0.0158. The molecule has 1 saturated carbocycles. The second-order valence-corrected chi connectivity index (χ2v) is 4.90. The first kappa shape index (κ1) is 11.5. The minimum atomic E-state index is -0.408.